The van der Waals surface area contributed by atoms with Crippen LogP contribution in [0.4, 0.5) is 0 Å². The number of nitrogens with one attached hydrogen (secondary N) is 5. The number of amides is 1. The van der Waals surface area contributed by atoms with Crippen molar-refractivity contribution in [2.45, 2.75) is 116 Å². The summed E-state index contributed by atoms with van der Waals surface area (Å²) >= 11 is 0. The van der Waals surface area contributed by atoms with E-state index in [1.165, 1.54) is 32.6 Å². The molecule has 0 aliphatic heterocycles. The molecule has 0 aliphatic carbocycles. The Morgan fingerprint density at radius 2 is 1.16 bits per heavy atom. The molecule has 4 atom stereocenters. The minimum absolute atomic E-state index is 0.388. The normalized spacial score (nSPS) is 14.9. The number of hydrogen-bond donors (Lipinski definition) is 9. The van der Waals surface area contributed by atoms with Crippen molar-refractivity contribution in [1.29, 1.82) is 0 Å². The molecule has 0 aliphatic rings. The van der Waals surface area contributed by atoms with Gasteiger partial charge in [-0.3, -0.25) is 15.6 Å². The smallest absolute Gasteiger partial charge is 0.251 e. The van der Waals surface area contributed by atoms with Gasteiger partial charge in [-0.25, -0.2) is 10.0 Å². The van der Waals surface area contributed by atoms with Crippen molar-refractivity contribution in [1.82, 2.24) is 36.8 Å². The fourth-order valence-corrected chi connectivity index (χ4v) is 4.89. The van der Waals surface area contributed by atoms with E-state index in [9.17, 15) is 25.2 Å². The second kappa shape index (κ2) is 28.5. The summed E-state index contributed by atoms with van der Waals surface area (Å²) in [5, 5.41) is 52.9. The van der Waals surface area contributed by atoms with E-state index in [0.29, 0.717) is 12.5 Å². The maximum absolute atomic E-state index is 12.1. The molecule has 0 saturated heterocycles. The van der Waals surface area contributed by atoms with Crippen LogP contribution in [-0.4, -0.2) is 134 Å². The van der Waals surface area contributed by atoms with Gasteiger partial charge in [0, 0.05) is 45.8 Å². The van der Waals surface area contributed by atoms with E-state index >= 15 is 0 Å². The molecular formula is C31H69N7O5. The quantitative estimate of drug-likeness (QED) is 0.0394. The van der Waals surface area contributed by atoms with Crippen LogP contribution in [-0.2, 0) is 4.79 Å². The van der Waals surface area contributed by atoms with E-state index in [2.05, 4.69) is 50.7 Å². The summed E-state index contributed by atoms with van der Waals surface area (Å²) in [7, 11) is 3.98. The second-order valence-corrected chi connectivity index (χ2v) is 11.9. The Labute approximate surface area is 262 Å². The number of carbonyl (C=O) groups is 1. The zero-order valence-corrected chi connectivity index (χ0v) is 28.1. The van der Waals surface area contributed by atoms with Crippen molar-refractivity contribution in [3.63, 3.8) is 0 Å². The third-order valence-corrected chi connectivity index (χ3v) is 7.67. The van der Waals surface area contributed by atoms with E-state index < -0.39 is 30.3 Å². The molecule has 0 radical (unpaired) electrons. The van der Waals surface area contributed by atoms with Gasteiger partial charge in [-0.1, -0.05) is 46.0 Å². The lowest BCUT2D eigenvalue weighted by atomic mass is 9.99. The monoisotopic (exact) mass is 620 g/mol. The molecule has 0 aromatic rings. The molecule has 258 valence electrons. The fraction of sp³-hybridized carbons (Fsp3) is 0.968. The maximum atomic E-state index is 12.1. The van der Waals surface area contributed by atoms with Crippen LogP contribution in [0.1, 0.15) is 91.4 Å². The average molecular weight is 620 g/mol. The molecule has 0 aromatic heterocycles. The summed E-state index contributed by atoms with van der Waals surface area (Å²) < 4.78 is 0. The van der Waals surface area contributed by atoms with Gasteiger partial charge in [0.2, 0.25) is 0 Å². The number of aliphatic hydroxyl groups excluding tert-OH is 4. The number of aliphatic hydroxyl groups is 4. The minimum Gasteiger partial charge on any atom is -0.391 e. The van der Waals surface area contributed by atoms with Crippen LogP contribution in [0.15, 0.2) is 0 Å². The lowest BCUT2D eigenvalue weighted by Gasteiger charge is -2.32. The zero-order chi connectivity index (χ0) is 32.3. The molecule has 12 nitrogen and oxygen atoms in total. The third kappa shape index (κ3) is 22.3. The Bertz CT molecular complexity index is 609. The Kier molecular flexibility index (Phi) is 27.9. The van der Waals surface area contributed by atoms with Crippen LogP contribution >= 0.6 is 0 Å². The predicted molar refractivity (Wildman–Crippen MR) is 175 cm³/mol. The standard InChI is InChI=1S/C31H69N7O5/c1-6-8-22-37(35-20-14-17-32-4)24-27(25-38(23-9-7-2)36-21-15-18-33-5)16-12-10-11-13-19-34-31(43)30(42)29(41)28(40)26(3)39/h26-30,32-33,35-36,39-42H,6-25H2,1-5H3,(H,34,43)/t26-,28-,29+,30?/m1/s1. The molecule has 0 rings (SSSR count). The molecule has 1 unspecified atom stereocenters. The van der Waals surface area contributed by atoms with Crippen molar-refractivity contribution in [3.05, 3.63) is 0 Å². The van der Waals surface area contributed by atoms with Gasteiger partial charge in [-0.05, 0) is 78.6 Å². The lowest BCUT2D eigenvalue weighted by molar-refractivity contribution is -0.145. The Morgan fingerprint density at radius 1 is 0.651 bits per heavy atom. The van der Waals surface area contributed by atoms with Crippen molar-refractivity contribution in [2.75, 3.05) is 73.0 Å². The number of hydrogen-bond acceptors (Lipinski definition) is 11. The Hall–Kier alpha value is -0.930. The van der Waals surface area contributed by atoms with Gasteiger partial charge in [0.05, 0.1) is 6.10 Å². The molecule has 0 heterocycles. The molecule has 0 bridgehead atoms. The first-order valence-electron chi connectivity index (χ1n) is 17.0. The van der Waals surface area contributed by atoms with E-state index in [4.69, 9.17) is 0 Å². The van der Waals surface area contributed by atoms with Crippen LogP contribution in [0, 0.1) is 5.92 Å². The zero-order valence-electron chi connectivity index (χ0n) is 28.1. The summed E-state index contributed by atoms with van der Waals surface area (Å²) in [6.45, 7) is 14.2. The SMILES string of the molecule is CCCCN(CC(CCCCCCNC(=O)C(O)[C@@H](O)[C@H](O)[C@@H](C)O)CN(CCCC)NCCCNC)NCCCNC. The summed E-state index contributed by atoms with van der Waals surface area (Å²) in [5.41, 5.74) is 7.39. The van der Waals surface area contributed by atoms with Crippen LogP contribution < -0.4 is 26.8 Å². The highest BCUT2D eigenvalue weighted by Gasteiger charge is 2.32. The second-order valence-electron chi connectivity index (χ2n) is 11.9. The molecule has 1 amide bonds. The minimum atomic E-state index is -1.78. The number of nitrogens with zero attached hydrogens (tertiary/aromatic N) is 2. The molecule has 0 fully saturated rings. The van der Waals surface area contributed by atoms with Gasteiger partial charge >= 0.3 is 0 Å². The molecule has 0 spiro atoms. The lowest BCUT2D eigenvalue weighted by Crippen LogP contribution is -2.50. The van der Waals surface area contributed by atoms with Gasteiger partial charge in [-0.2, -0.15) is 0 Å². The van der Waals surface area contributed by atoms with E-state index in [1.54, 1.807) is 0 Å². The van der Waals surface area contributed by atoms with E-state index in [1.807, 2.05) is 14.1 Å². The van der Waals surface area contributed by atoms with Gasteiger partial charge < -0.3 is 36.4 Å². The number of rotatable bonds is 31. The maximum Gasteiger partial charge on any atom is 0.251 e. The largest absolute Gasteiger partial charge is 0.391 e. The van der Waals surface area contributed by atoms with Crippen molar-refractivity contribution in [3.8, 4) is 0 Å². The van der Waals surface area contributed by atoms with Crippen molar-refractivity contribution >= 4 is 5.91 Å². The molecule has 43 heavy (non-hydrogen) atoms. The van der Waals surface area contributed by atoms with Crippen LogP contribution in [0.5, 0.6) is 0 Å². The molecular weight excluding hydrogens is 550 g/mol. The highest BCUT2D eigenvalue weighted by Crippen LogP contribution is 2.15. The third-order valence-electron chi connectivity index (χ3n) is 7.67. The summed E-state index contributed by atoms with van der Waals surface area (Å²) in [4.78, 5) is 12.1. The van der Waals surface area contributed by atoms with Crippen molar-refractivity contribution in [2.24, 2.45) is 5.92 Å². The molecule has 9 N–H and O–H groups in total. The highest BCUT2D eigenvalue weighted by molar-refractivity contribution is 5.81. The topological polar surface area (TPSA) is 165 Å². The van der Waals surface area contributed by atoms with Crippen LogP contribution in [0.2, 0.25) is 0 Å². The average Bonchev–Trinajstić information content (AvgIpc) is 3.00. The van der Waals surface area contributed by atoms with Crippen molar-refractivity contribution < 1.29 is 25.2 Å². The van der Waals surface area contributed by atoms with Gasteiger partial charge in [0.25, 0.3) is 5.91 Å². The van der Waals surface area contributed by atoms with Gasteiger partial charge in [0.1, 0.15) is 12.2 Å². The molecule has 0 saturated carbocycles. The Balaban J connectivity index is 4.95. The predicted octanol–water partition coefficient (Wildman–Crippen LogP) is 0.565. The van der Waals surface area contributed by atoms with Crippen LogP contribution in [0.25, 0.3) is 0 Å². The van der Waals surface area contributed by atoms with Gasteiger partial charge in [-0.15, -0.1) is 0 Å². The molecule has 0 aromatic carbocycles. The number of unbranched alkanes of at least 4 members (excludes halogenated alkanes) is 5. The van der Waals surface area contributed by atoms with Crippen LogP contribution in [0.3, 0.4) is 0 Å². The molecule has 12 heteroatoms. The Morgan fingerprint density at radius 3 is 1.63 bits per heavy atom. The van der Waals surface area contributed by atoms with E-state index in [0.717, 1.165) is 97.3 Å². The first-order valence-corrected chi connectivity index (χ1v) is 17.0. The number of hydrazine groups is 2. The highest BCUT2D eigenvalue weighted by atomic mass is 16.4. The summed E-state index contributed by atoms with van der Waals surface area (Å²) in [5.74, 6) is -0.227. The summed E-state index contributed by atoms with van der Waals surface area (Å²) in [6, 6.07) is 0. The fourth-order valence-electron chi connectivity index (χ4n) is 4.89. The summed E-state index contributed by atoms with van der Waals surface area (Å²) in [6.07, 6.45) is 5.50. The first-order chi connectivity index (χ1) is 20.7. The van der Waals surface area contributed by atoms with Gasteiger partial charge in [0.15, 0.2) is 6.10 Å². The van der Waals surface area contributed by atoms with E-state index in [-0.39, 0.29) is 0 Å². The first kappa shape index (κ1) is 42.1. The number of carbonyl (C=O) groups excluding carboxylic acids is 1.